The summed E-state index contributed by atoms with van der Waals surface area (Å²) < 4.78 is 0. The monoisotopic (exact) mass is 492 g/mol. The van der Waals surface area contributed by atoms with E-state index in [1.807, 2.05) is 0 Å². The first-order valence-electron chi connectivity index (χ1n) is 12.8. The molecule has 2 saturated carbocycles. The Morgan fingerprint density at radius 3 is 1.64 bits per heavy atom. The van der Waals surface area contributed by atoms with Crippen LogP contribution in [-0.4, -0.2) is 22.2 Å². The SMILES string of the molecule is O=C(O)C1CCCCC1.O=C(O)C1CCCCC1.[CH-]1CCCC2=C1CC1=C2CCCC1.[CH3-].[Ti+2]. The van der Waals surface area contributed by atoms with Crippen molar-refractivity contribution in [3.8, 4) is 0 Å². The van der Waals surface area contributed by atoms with Crippen LogP contribution in [0.2, 0.25) is 0 Å². The minimum absolute atomic E-state index is 0. The van der Waals surface area contributed by atoms with Gasteiger partial charge in [-0.05, 0) is 51.4 Å². The standard InChI is InChI=1S/C13H17.2C7H12O2.CH3.Ti/c1-3-7-12-10(5-1)9-11-6-2-4-8-13(11)12;2*8-7(9)6-4-2-1-3-5-6;;/h5H,1-4,6-9H2;2*6H,1-5H2,(H,8,9);1H3;/q-1;;;-1;+2. The van der Waals surface area contributed by atoms with Gasteiger partial charge in [-0.15, -0.1) is 12.0 Å². The van der Waals surface area contributed by atoms with Crippen LogP contribution in [0.4, 0.5) is 0 Å². The van der Waals surface area contributed by atoms with Crippen LogP contribution in [-0.2, 0) is 31.3 Å². The van der Waals surface area contributed by atoms with Crippen LogP contribution < -0.4 is 0 Å². The average molecular weight is 493 g/mol. The van der Waals surface area contributed by atoms with E-state index in [-0.39, 0.29) is 41.0 Å². The number of fused-ring (bicyclic) bond motifs is 1. The second kappa shape index (κ2) is 15.8. The fourth-order valence-electron chi connectivity index (χ4n) is 5.82. The molecular formula is C28H44O4Ti. The molecule has 5 aliphatic rings. The van der Waals surface area contributed by atoms with E-state index < -0.39 is 11.9 Å². The van der Waals surface area contributed by atoms with Gasteiger partial charge in [-0.3, -0.25) is 9.59 Å². The first-order chi connectivity index (χ1) is 15.1. The van der Waals surface area contributed by atoms with Gasteiger partial charge in [-0.1, -0.05) is 63.4 Å². The van der Waals surface area contributed by atoms with Crippen molar-refractivity contribution >= 4 is 11.9 Å². The van der Waals surface area contributed by atoms with Crippen LogP contribution in [0.5, 0.6) is 0 Å². The maximum Gasteiger partial charge on any atom is 2.00 e. The Morgan fingerprint density at radius 2 is 1.15 bits per heavy atom. The van der Waals surface area contributed by atoms with Crippen molar-refractivity contribution in [3.63, 3.8) is 0 Å². The second-order valence-electron chi connectivity index (χ2n) is 9.91. The van der Waals surface area contributed by atoms with Crippen molar-refractivity contribution in [2.45, 2.75) is 116 Å². The summed E-state index contributed by atoms with van der Waals surface area (Å²) in [4.78, 5) is 20.7. The summed E-state index contributed by atoms with van der Waals surface area (Å²) in [7, 11) is 0. The van der Waals surface area contributed by atoms with E-state index in [1.165, 1.54) is 64.2 Å². The third kappa shape index (κ3) is 9.28. The van der Waals surface area contributed by atoms with Crippen molar-refractivity contribution in [2.24, 2.45) is 11.8 Å². The molecule has 0 spiro atoms. The molecule has 0 radical (unpaired) electrons. The predicted molar refractivity (Wildman–Crippen MR) is 130 cm³/mol. The minimum Gasteiger partial charge on any atom is -0.481 e. The zero-order valence-corrected chi connectivity index (χ0v) is 22.2. The number of carboxylic acids is 2. The summed E-state index contributed by atoms with van der Waals surface area (Å²) in [6, 6.07) is 0. The summed E-state index contributed by atoms with van der Waals surface area (Å²) in [6.45, 7) is 0. The van der Waals surface area contributed by atoms with Crippen LogP contribution >= 0.6 is 0 Å². The maximum atomic E-state index is 10.4. The first kappa shape index (κ1) is 30.0. The molecule has 2 fully saturated rings. The Bertz CT molecular complexity index is 624. The van der Waals surface area contributed by atoms with Crippen molar-refractivity contribution in [1.29, 1.82) is 0 Å². The van der Waals surface area contributed by atoms with Crippen molar-refractivity contribution in [3.05, 3.63) is 36.1 Å². The molecule has 5 rings (SSSR count). The summed E-state index contributed by atoms with van der Waals surface area (Å²) in [5, 5.41) is 17.1. The van der Waals surface area contributed by atoms with E-state index in [4.69, 9.17) is 10.2 Å². The molecule has 2 N–H and O–H groups in total. The number of aliphatic carboxylic acids is 2. The van der Waals surface area contributed by atoms with Gasteiger partial charge in [0, 0.05) is 0 Å². The van der Waals surface area contributed by atoms with E-state index in [0.717, 1.165) is 51.4 Å². The molecule has 0 bridgehead atoms. The largest absolute Gasteiger partial charge is 2.00 e. The molecule has 184 valence electrons. The molecule has 0 aromatic rings. The first-order valence-corrected chi connectivity index (χ1v) is 12.8. The molecule has 0 aromatic carbocycles. The second-order valence-corrected chi connectivity index (χ2v) is 9.91. The number of hydrogen-bond acceptors (Lipinski definition) is 2. The van der Waals surface area contributed by atoms with Gasteiger partial charge in [0.2, 0.25) is 0 Å². The van der Waals surface area contributed by atoms with Gasteiger partial charge in [0.25, 0.3) is 0 Å². The van der Waals surface area contributed by atoms with Gasteiger partial charge in [0.15, 0.2) is 0 Å². The zero-order chi connectivity index (χ0) is 22.1. The summed E-state index contributed by atoms with van der Waals surface area (Å²) in [6.07, 6.45) is 24.1. The van der Waals surface area contributed by atoms with Crippen LogP contribution in [0.1, 0.15) is 116 Å². The van der Waals surface area contributed by atoms with Gasteiger partial charge in [-0.25, -0.2) is 12.0 Å². The molecule has 5 heteroatoms. The number of allylic oxidation sites excluding steroid dienone is 4. The Hall–Kier alpha value is -0.996. The molecule has 0 amide bonds. The molecule has 0 unspecified atom stereocenters. The molecule has 0 aliphatic heterocycles. The van der Waals surface area contributed by atoms with Crippen molar-refractivity contribution in [2.75, 3.05) is 0 Å². The zero-order valence-electron chi connectivity index (χ0n) is 20.7. The minimum atomic E-state index is -0.602. The Kier molecular flexibility index (Phi) is 14.4. The molecular weight excluding hydrogens is 448 g/mol. The molecule has 4 nitrogen and oxygen atoms in total. The topological polar surface area (TPSA) is 74.6 Å². The maximum absolute atomic E-state index is 10.4. The van der Waals surface area contributed by atoms with Gasteiger partial charge in [0.05, 0.1) is 11.8 Å². The van der Waals surface area contributed by atoms with Gasteiger partial charge < -0.3 is 17.6 Å². The van der Waals surface area contributed by atoms with Gasteiger partial charge in [-0.2, -0.15) is 5.57 Å². The van der Waals surface area contributed by atoms with Crippen molar-refractivity contribution in [1.82, 2.24) is 0 Å². The Morgan fingerprint density at radius 1 is 0.667 bits per heavy atom. The van der Waals surface area contributed by atoms with E-state index in [2.05, 4.69) is 6.42 Å². The van der Waals surface area contributed by atoms with E-state index >= 15 is 0 Å². The van der Waals surface area contributed by atoms with Crippen LogP contribution in [0, 0.1) is 25.7 Å². The van der Waals surface area contributed by atoms with E-state index in [0.29, 0.717) is 0 Å². The summed E-state index contributed by atoms with van der Waals surface area (Å²) >= 11 is 0. The predicted octanol–water partition coefficient (Wildman–Crippen LogP) is 7.70. The molecule has 0 heterocycles. The molecule has 0 aromatic heterocycles. The number of hydrogen-bond donors (Lipinski definition) is 2. The third-order valence-corrected chi connectivity index (χ3v) is 7.67. The van der Waals surface area contributed by atoms with Gasteiger partial charge in [0.1, 0.15) is 0 Å². The van der Waals surface area contributed by atoms with E-state index in [9.17, 15) is 9.59 Å². The van der Waals surface area contributed by atoms with Gasteiger partial charge >= 0.3 is 33.7 Å². The Balaban J connectivity index is 0.000000247. The van der Waals surface area contributed by atoms with Crippen molar-refractivity contribution < 1.29 is 41.5 Å². The number of rotatable bonds is 2. The fraction of sp³-hybridized carbons (Fsp3) is 0.714. The molecule has 33 heavy (non-hydrogen) atoms. The average Bonchev–Trinajstić information content (AvgIpc) is 3.20. The summed E-state index contributed by atoms with van der Waals surface area (Å²) in [5.74, 6) is -1.26. The van der Waals surface area contributed by atoms with E-state index in [1.54, 1.807) is 22.3 Å². The molecule has 0 saturated heterocycles. The van der Waals surface area contributed by atoms with Crippen LogP contribution in [0.25, 0.3) is 0 Å². The Labute approximate surface area is 216 Å². The number of carbonyl (C=O) groups is 2. The molecule has 5 aliphatic carbocycles. The number of carboxylic acid groups (broad SMARTS) is 2. The third-order valence-electron chi connectivity index (χ3n) is 7.67. The van der Waals surface area contributed by atoms with Crippen LogP contribution in [0.15, 0.2) is 22.3 Å². The fourth-order valence-corrected chi connectivity index (χ4v) is 5.82. The quantitative estimate of drug-likeness (QED) is 0.306. The smallest absolute Gasteiger partial charge is 0.481 e. The summed E-state index contributed by atoms with van der Waals surface area (Å²) in [5.41, 5.74) is 7.06. The normalized spacial score (nSPS) is 22.5. The molecule has 0 atom stereocenters. The van der Waals surface area contributed by atoms with Crippen LogP contribution in [0.3, 0.4) is 0 Å².